The van der Waals surface area contributed by atoms with Crippen LogP contribution in [0.3, 0.4) is 0 Å². The number of nitrogens with one attached hydrogen (secondary N) is 2. The fourth-order valence-electron chi connectivity index (χ4n) is 3.02. The van der Waals surface area contributed by atoms with Crippen molar-refractivity contribution in [1.29, 1.82) is 0 Å². The van der Waals surface area contributed by atoms with Crippen LogP contribution in [0.25, 0.3) is 44.6 Å². The molecule has 0 aliphatic carbocycles. The second kappa shape index (κ2) is 5.17. The van der Waals surface area contributed by atoms with E-state index in [4.69, 9.17) is 4.42 Å². The Morgan fingerprint density at radius 2 is 2.00 bits per heavy atom. The van der Waals surface area contributed by atoms with Crippen molar-refractivity contribution in [2.24, 2.45) is 0 Å². The lowest BCUT2D eigenvalue weighted by molar-refractivity contribution is 0.580. The van der Waals surface area contributed by atoms with E-state index in [2.05, 4.69) is 19.9 Å². The Bertz CT molecular complexity index is 1270. The van der Waals surface area contributed by atoms with Gasteiger partial charge in [0.25, 0.3) is 0 Å². The Morgan fingerprint density at radius 3 is 2.88 bits per heavy atom. The standard InChI is InChI=1S/C19H12N4O2/c24-16-5-6-20-19-13(16)9-12(18(23-19)17-2-1-7-25-17)11-3-4-14-15(8-11)22-10-21-14/h1-10H,(H,21,22)(H,20,23,24). The predicted octanol–water partition coefficient (Wildman–Crippen LogP) is 3.73. The topological polar surface area (TPSA) is 87.6 Å². The van der Waals surface area contributed by atoms with Gasteiger partial charge in [0.1, 0.15) is 11.3 Å². The highest BCUT2D eigenvalue weighted by molar-refractivity contribution is 5.91. The zero-order valence-corrected chi connectivity index (χ0v) is 13.0. The molecular formula is C19H12N4O2. The van der Waals surface area contributed by atoms with Crippen molar-refractivity contribution in [3.63, 3.8) is 0 Å². The zero-order chi connectivity index (χ0) is 16.8. The number of aromatic amines is 2. The molecule has 0 aliphatic rings. The Morgan fingerprint density at radius 1 is 1.04 bits per heavy atom. The largest absolute Gasteiger partial charge is 0.463 e. The highest BCUT2D eigenvalue weighted by Crippen LogP contribution is 2.33. The van der Waals surface area contributed by atoms with Gasteiger partial charge < -0.3 is 14.4 Å². The average Bonchev–Trinajstić information content (AvgIpc) is 3.32. The molecule has 0 atom stereocenters. The first-order valence-electron chi connectivity index (χ1n) is 7.79. The van der Waals surface area contributed by atoms with Crippen molar-refractivity contribution in [3.05, 3.63) is 71.5 Å². The molecule has 5 rings (SSSR count). The molecule has 4 aromatic heterocycles. The number of hydrogen-bond acceptors (Lipinski definition) is 4. The van der Waals surface area contributed by atoms with E-state index in [0.29, 0.717) is 22.5 Å². The molecule has 5 aromatic rings. The summed E-state index contributed by atoms with van der Waals surface area (Å²) >= 11 is 0. The minimum absolute atomic E-state index is 0.0747. The van der Waals surface area contributed by atoms with Crippen LogP contribution < -0.4 is 5.43 Å². The van der Waals surface area contributed by atoms with Gasteiger partial charge in [-0.1, -0.05) is 6.07 Å². The molecule has 1 aromatic carbocycles. The molecule has 0 spiro atoms. The van der Waals surface area contributed by atoms with Crippen molar-refractivity contribution < 1.29 is 4.42 Å². The SMILES string of the molecule is O=c1cc[nH]c2nc(-c3ccco3)c(-c3ccc4[nH]cnc4c3)cc12. The van der Waals surface area contributed by atoms with Gasteiger partial charge in [0.15, 0.2) is 11.2 Å². The van der Waals surface area contributed by atoms with Crippen molar-refractivity contribution in [3.8, 4) is 22.6 Å². The third kappa shape index (κ3) is 2.15. The predicted molar refractivity (Wildman–Crippen MR) is 95.2 cm³/mol. The van der Waals surface area contributed by atoms with E-state index in [0.717, 1.165) is 22.2 Å². The van der Waals surface area contributed by atoms with Crippen LogP contribution >= 0.6 is 0 Å². The highest BCUT2D eigenvalue weighted by Gasteiger charge is 2.15. The molecule has 0 aliphatic heterocycles. The molecule has 0 saturated heterocycles. The van der Waals surface area contributed by atoms with E-state index < -0.39 is 0 Å². The third-order valence-corrected chi connectivity index (χ3v) is 4.23. The molecular weight excluding hydrogens is 316 g/mol. The number of nitrogens with zero attached hydrogens (tertiary/aromatic N) is 2. The van der Waals surface area contributed by atoms with E-state index in [1.165, 1.54) is 6.07 Å². The van der Waals surface area contributed by atoms with Crippen LogP contribution in [0.15, 0.2) is 70.5 Å². The van der Waals surface area contributed by atoms with Crippen molar-refractivity contribution in [1.82, 2.24) is 19.9 Å². The van der Waals surface area contributed by atoms with Gasteiger partial charge in [0, 0.05) is 17.8 Å². The molecule has 6 heteroatoms. The maximum Gasteiger partial charge on any atom is 0.191 e. The first-order chi connectivity index (χ1) is 12.3. The van der Waals surface area contributed by atoms with E-state index in [1.54, 1.807) is 18.8 Å². The molecule has 25 heavy (non-hydrogen) atoms. The molecule has 6 nitrogen and oxygen atoms in total. The van der Waals surface area contributed by atoms with Crippen LogP contribution in [0.5, 0.6) is 0 Å². The summed E-state index contributed by atoms with van der Waals surface area (Å²) in [6, 6.07) is 12.9. The number of rotatable bonds is 2. The zero-order valence-electron chi connectivity index (χ0n) is 13.0. The van der Waals surface area contributed by atoms with Crippen molar-refractivity contribution >= 4 is 22.1 Å². The lowest BCUT2D eigenvalue weighted by Gasteiger charge is -2.09. The quantitative estimate of drug-likeness (QED) is 0.517. The number of pyridine rings is 2. The van der Waals surface area contributed by atoms with Crippen molar-refractivity contribution in [2.45, 2.75) is 0 Å². The van der Waals surface area contributed by atoms with Gasteiger partial charge in [-0.3, -0.25) is 4.79 Å². The smallest absolute Gasteiger partial charge is 0.191 e. The maximum absolute atomic E-state index is 12.2. The molecule has 4 heterocycles. The van der Waals surface area contributed by atoms with Gasteiger partial charge in [-0.05, 0) is 35.9 Å². The molecule has 120 valence electrons. The van der Waals surface area contributed by atoms with Crippen LogP contribution in [-0.2, 0) is 0 Å². The Labute approximate surface area is 141 Å². The first-order valence-corrected chi connectivity index (χ1v) is 7.79. The summed E-state index contributed by atoms with van der Waals surface area (Å²) in [5.74, 6) is 0.642. The lowest BCUT2D eigenvalue weighted by Crippen LogP contribution is -2.03. The number of benzene rings is 1. The second-order valence-corrected chi connectivity index (χ2v) is 5.73. The van der Waals surface area contributed by atoms with Crippen LogP contribution in [0.1, 0.15) is 0 Å². The Kier molecular flexibility index (Phi) is 2.84. The van der Waals surface area contributed by atoms with Crippen LogP contribution in [0.2, 0.25) is 0 Å². The molecule has 0 bridgehead atoms. The van der Waals surface area contributed by atoms with Gasteiger partial charge >= 0.3 is 0 Å². The van der Waals surface area contributed by atoms with Gasteiger partial charge in [0.2, 0.25) is 0 Å². The number of imidazole rings is 1. The summed E-state index contributed by atoms with van der Waals surface area (Å²) in [7, 11) is 0. The minimum Gasteiger partial charge on any atom is -0.463 e. The van der Waals surface area contributed by atoms with Gasteiger partial charge in [0.05, 0.1) is 29.0 Å². The highest BCUT2D eigenvalue weighted by atomic mass is 16.3. The summed E-state index contributed by atoms with van der Waals surface area (Å²) in [5.41, 5.74) is 4.68. The minimum atomic E-state index is -0.0747. The lowest BCUT2D eigenvalue weighted by atomic mass is 10.0. The van der Waals surface area contributed by atoms with Crippen molar-refractivity contribution in [2.75, 3.05) is 0 Å². The van der Waals surface area contributed by atoms with E-state index in [9.17, 15) is 4.79 Å². The summed E-state index contributed by atoms with van der Waals surface area (Å²) in [6.07, 6.45) is 4.86. The van der Waals surface area contributed by atoms with Crippen LogP contribution in [0, 0.1) is 0 Å². The number of hydrogen-bond donors (Lipinski definition) is 2. The van der Waals surface area contributed by atoms with Gasteiger partial charge in [-0.25, -0.2) is 9.97 Å². The summed E-state index contributed by atoms with van der Waals surface area (Å²) < 4.78 is 5.56. The number of H-pyrrole nitrogens is 2. The molecule has 0 fully saturated rings. The molecule has 0 amide bonds. The molecule has 0 saturated carbocycles. The third-order valence-electron chi connectivity index (χ3n) is 4.23. The van der Waals surface area contributed by atoms with E-state index in [1.807, 2.05) is 36.4 Å². The summed E-state index contributed by atoms with van der Waals surface area (Å²) in [4.78, 5) is 27.3. The Balaban J connectivity index is 1.86. The second-order valence-electron chi connectivity index (χ2n) is 5.73. The number of fused-ring (bicyclic) bond motifs is 2. The molecule has 0 radical (unpaired) electrons. The van der Waals surface area contributed by atoms with Crippen LogP contribution in [-0.4, -0.2) is 19.9 Å². The normalized spacial score (nSPS) is 11.4. The molecule has 0 unspecified atom stereocenters. The summed E-state index contributed by atoms with van der Waals surface area (Å²) in [5, 5.41) is 0.537. The van der Waals surface area contributed by atoms with Gasteiger partial charge in [-0.2, -0.15) is 0 Å². The first kappa shape index (κ1) is 13.7. The maximum atomic E-state index is 12.2. The summed E-state index contributed by atoms with van der Waals surface area (Å²) in [6.45, 7) is 0. The monoisotopic (exact) mass is 328 g/mol. The fraction of sp³-hybridized carbons (Fsp3) is 0. The number of furan rings is 1. The fourth-order valence-corrected chi connectivity index (χ4v) is 3.02. The van der Waals surface area contributed by atoms with Crippen LogP contribution in [0.4, 0.5) is 0 Å². The van der Waals surface area contributed by atoms with E-state index in [-0.39, 0.29) is 5.43 Å². The Hall–Kier alpha value is -3.67. The molecule has 2 N–H and O–H groups in total. The average molecular weight is 328 g/mol. The number of aromatic nitrogens is 4. The van der Waals surface area contributed by atoms with E-state index >= 15 is 0 Å². The van der Waals surface area contributed by atoms with Gasteiger partial charge in [-0.15, -0.1) is 0 Å².